The van der Waals surface area contributed by atoms with Gasteiger partial charge in [0.25, 0.3) is 0 Å². The minimum absolute atomic E-state index is 0.00606. The van der Waals surface area contributed by atoms with Gasteiger partial charge in [-0.15, -0.1) is 0 Å². The summed E-state index contributed by atoms with van der Waals surface area (Å²) in [6.45, 7) is 19.8. The first-order valence-electron chi connectivity index (χ1n) is 28.7. The average Bonchev–Trinajstić information content (AvgIpc) is 0.739. The number of halogens is 7. The number of pyridine rings is 2. The summed E-state index contributed by atoms with van der Waals surface area (Å²) >= 11 is 0. The Kier molecular flexibility index (Phi) is 16.2. The number of phenolic OH excluding ortho intramolecular Hbond substituents is 2. The molecule has 2 fully saturated rings. The van der Waals surface area contributed by atoms with Crippen molar-refractivity contribution in [2.24, 2.45) is 0 Å². The number of rotatable bonds is 8. The zero-order valence-electron chi connectivity index (χ0n) is 49.2. The van der Waals surface area contributed by atoms with Crippen LogP contribution in [0.25, 0.3) is 55.4 Å². The molecule has 8 heterocycles. The Morgan fingerprint density at radius 2 is 1.15 bits per heavy atom. The molecule has 3 N–H and O–H groups in total. The van der Waals surface area contributed by atoms with Crippen LogP contribution < -0.4 is 31.2 Å². The topological polar surface area (TPSA) is 204 Å². The monoisotopic (exact) mass is 1230 g/mol. The molecule has 0 aliphatic carbocycles. The van der Waals surface area contributed by atoms with Crippen LogP contribution in [0, 0.1) is 54.6 Å². The highest BCUT2D eigenvalue weighted by molar-refractivity contribution is 6.05. The maximum absolute atomic E-state index is 17.1. The number of carbonyl (C=O) groups excluding carboxylic acids is 2. The second kappa shape index (κ2) is 23.7. The first-order valence-corrected chi connectivity index (χ1v) is 28.7. The van der Waals surface area contributed by atoms with Crippen LogP contribution >= 0.6 is 0 Å². The summed E-state index contributed by atoms with van der Waals surface area (Å²) in [4.78, 5) is 77.7. The molecule has 18 nitrogen and oxygen atoms in total. The fourth-order valence-corrected chi connectivity index (χ4v) is 12.5. The molecule has 2 unspecified atom stereocenters. The number of hydrogen-bond donors (Lipinski definition) is 3. The third-order valence-electron chi connectivity index (χ3n) is 16.7. The highest BCUT2D eigenvalue weighted by atomic mass is 19.2. The van der Waals surface area contributed by atoms with Gasteiger partial charge in [0, 0.05) is 76.2 Å². The number of aryl methyl sites for hydroxylation is 2. The zero-order valence-corrected chi connectivity index (χ0v) is 49.2. The predicted octanol–water partition coefficient (Wildman–Crippen LogP) is 10.1. The van der Waals surface area contributed by atoms with Crippen LogP contribution in [0.3, 0.4) is 0 Å². The number of hydrogen-bond acceptors (Lipinski definition) is 14. The van der Waals surface area contributed by atoms with E-state index in [0.717, 1.165) is 22.8 Å². The minimum Gasteiger partial charge on any atom is -0.507 e. The Balaban J connectivity index is 0.000000184. The van der Waals surface area contributed by atoms with Crippen molar-refractivity contribution in [3.8, 4) is 50.9 Å². The summed E-state index contributed by atoms with van der Waals surface area (Å²) < 4.78 is 118. The Bertz CT molecular complexity index is 4420. The molecule has 2 atom stereocenters. The molecule has 8 aromatic rings. The Morgan fingerprint density at radius 3 is 1.70 bits per heavy atom. The van der Waals surface area contributed by atoms with E-state index in [4.69, 9.17) is 4.74 Å². The molecule has 0 radical (unpaired) electrons. The summed E-state index contributed by atoms with van der Waals surface area (Å²) in [5.74, 6) is -12.2. The first-order chi connectivity index (χ1) is 42.5. The number of aromatic hydroxyl groups is 2. The van der Waals surface area contributed by atoms with E-state index in [0.29, 0.717) is 66.7 Å². The summed E-state index contributed by atoms with van der Waals surface area (Å²) in [5, 5.41) is 24.2. The number of amides is 2. The number of fused-ring (bicyclic) bond motifs is 4. The van der Waals surface area contributed by atoms with E-state index in [2.05, 4.69) is 38.4 Å². The molecule has 4 aliphatic heterocycles. The zero-order chi connectivity index (χ0) is 63.8. The summed E-state index contributed by atoms with van der Waals surface area (Å²) in [5.41, 5.74) is -2.68. The van der Waals surface area contributed by atoms with E-state index in [1.165, 1.54) is 22.8 Å². The van der Waals surface area contributed by atoms with Crippen LogP contribution in [0.1, 0.15) is 74.9 Å². The van der Waals surface area contributed by atoms with Crippen LogP contribution in [-0.4, -0.2) is 125 Å². The SMILES string of the molecule is C=CC(=O)N1CCN2c3nc(=O)n(-c4c(C)ccnc4C(C)C)c4c(F)c(-c5c(O)ccc(F)c5F)c(F)c(c34)NCCC2C1.C=CC(=O)N1CCN2c3nc(=O)n(-c4c(C)ccnc4C(C)C)c4cc(-c5c(O)ccc(F)c5F)c(F)c(c34)OCCC2C1. The molecule has 12 rings (SSSR count). The number of nitrogens with one attached hydrogen (secondary N) is 1. The molecule has 2 amide bonds. The molecule has 4 aromatic heterocycles. The fourth-order valence-electron chi connectivity index (χ4n) is 12.5. The molecule has 0 bridgehead atoms. The van der Waals surface area contributed by atoms with Gasteiger partial charge < -0.3 is 39.9 Å². The maximum Gasteiger partial charge on any atom is 0.354 e. The van der Waals surface area contributed by atoms with E-state index >= 15 is 22.0 Å². The maximum atomic E-state index is 17.1. The van der Waals surface area contributed by atoms with Gasteiger partial charge in [-0.05, 0) is 97.8 Å². The van der Waals surface area contributed by atoms with Crippen LogP contribution in [0.15, 0.2) is 89.8 Å². The van der Waals surface area contributed by atoms with E-state index in [-0.39, 0.29) is 114 Å². The standard InChI is InChI=1S/C32H30F4N6O3.C32H30F3N5O4/c1-5-20(44)40-12-13-41-17(14-40)9-11-38-28-23-30(26(36)22(25(28)35)21-19(43)7-6-18(33)24(21)34)42(32(45)39-31(23)41)29-16(4)8-10-37-27(29)15(2)3;1-5-23(42)38-11-12-39-18(15-38)9-13-44-30-25-21(14-19(26(30)34)24-22(41)7-6-20(33)27(24)35)40(32(43)37-31(25)39)29-17(4)8-10-36-28(29)16(2)3/h5-8,10,15,17,38,43H,1,9,11-14H2,2-4H3;5-8,10,14,16,18,41H,1,9,11-13,15H2,2-4H3. The van der Waals surface area contributed by atoms with Gasteiger partial charge in [-0.2, -0.15) is 9.97 Å². The lowest BCUT2D eigenvalue weighted by Crippen LogP contribution is -2.56. The molecular weight excluding hydrogens is 1170 g/mol. The van der Waals surface area contributed by atoms with Crippen LogP contribution in [0.5, 0.6) is 17.2 Å². The molecule has 0 spiro atoms. The second-order valence-corrected chi connectivity index (χ2v) is 22.7. The number of ether oxygens (including phenoxy) is 1. The largest absolute Gasteiger partial charge is 0.507 e. The van der Waals surface area contributed by atoms with Crippen molar-refractivity contribution in [1.82, 2.24) is 38.9 Å². The van der Waals surface area contributed by atoms with Crippen molar-refractivity contribution in [3.63, 3.8) is 0 Å². The van der Waals surface area contributed by atoms with Gasteiger partial charge in [-0.3, -0.25) is 28.7 Å². The summed E-state index contributed by atoms with van der Waals surface area (Å²) in [6.07, 6.45) is 6.31. The molecular formula is C64H60F7N11O7. The number of phenols is 2. The van der Waals surface area contributed by atoms with Crippen molar-refractivity contribution < 1.29 is 55.3 Å². The lowest BCUT2D eigenvalue weighted by Gasteiger charge is -2.43. The van der Waals surface area contributed by atoms with Gasteiger partial charge in [-0.1, -0.05) is 40.9 Å². The number of nitrogens with zero attached hydrogens (tertiary/aromatic N) is 10. The molecule has 4 aliphatic rings. The van der Waals surface area contributed by atoms with Crippen LogP contribution in [-0.2, 0) is 9.59 Å². The highest BCUT2D eigenvalue weighted by Gasteiger charge is 2.40. The van der Waals surface area contributed by atoms with Gasteiger partial charge in [0.1, 0.15) is 28.7 Å². The van der Waals surface area contributed by atoms with Crippen molar-refractivity contribution >= 4 is 50.9 Å². The fraction of sp³-hybridized carbons (Fsp3) is 0.312. The smallest absolute Gasteiger partial charge is 0.354 e. The van der Waals surface area contributed by atoms with E-state index in [1.807, 2.05) is 32.6 Å². The summed E-state index contributed by atoms with van der Waals surface area (Å²) in [6, 6.07) is 6.99. The minimum atomic E-state index is -1.66. The lowest BCUT2D eigenvalue weighted by molar-refractivity contribution is -0.127. The van der Waals surface area contributed by atoms with Gasteiger partial charge in [0.05, 0.1) is 74.1 Å². The number of carbonyl (C=O) groups is 2. The van der Waals surface area contributed by atoms with Gasteiger partial charge in [-0.25, -0.2) is 40.3 Å². The van der Waals surface area contributed by atoms with Crippen LogP contribution in [0.2, 0.25) is 0 Å². The molecule has 462 valence electrons. The lowest BCUT2D eigenvalue weighted by atomic mass is 9.96. The average molecular weight is 1230 g/mol. The number of benzene rings is 4. The quantitative estimate of drug-likeness (QED) is 0.0957. The molecule has 2 saturated heterocycles. The van der Waals surface area contributed by atoms with Gasteiger partial charge in [0.2, 0.25) is 11.8 Å². The number of aromatic nitrogens is 6. The Hall–Kier alpha value is -9.81. The van der Waals surface area contributed by atoms with Gasteiger partial charge in [0.15, 0.2) is 46.5 Å². The van der Waals surface area contributed by atoms with E-state index < -0.39 is 91.4 Å². The first kappa shape index (κ1) is 60.9. The predicted molar refractivity (Wildman–Crippen MR) is 321 cm³/mol. The van der Waals surface area contributed by atoms with Crippen LogP contribution in [0.4, 0.5) is 48.1 Å². The van der Waals surface area contributed by atoms with E-state index in [1.54, 1.807) is 53.1 Å². The second-order valence-electron chi connectivity index (χ2n) is 22.7. The molecule has 4 aromatic carbocycles. The third-order valence-corrected chi connectivity index (χ3v) is 16.7. The Morgan fingerprint density at radius 1 is 0.640 bits per heavy atom. The molecule has 89 heavy (non-hydrogen) atoms. The van der Waals surface area contributed by atoms with Crippen molar-refractivity contribution in [1.29, 1.82) is 0 Å². The van der Waals surface area contributed by atoms with Gasteiger partial charge >= 0.3 is 11.4 Å². The Labute approximate surface area is 504 Å². The number of anilines is 3. The molecule has 0 saturated carbocycles. The number of piperazine rings is 2. The van der Waals surface area contributed by atoms with Crippen molar-refractivity contribution in [2.75, 3.05) is 67.5 Å². The van der Waals surface area contributed by atoms with Crippen molar-refractivity contribution in [2.45, 2.75) is 78.3 Å². The van der Waals surface area contributed by atoms with E-state index in [9.17, 15) is 38.2 Å². The molecule has 25 heteroatoms. The highest BCUT2D eigenvalue weighted by Crippen LogP contribution is 2.49. The third kappa shape index (κ3) is 10.3. The summed E-state index contributed by atoms with van der Waals surface area (Å²) in [7, 11) is 0. The normalized spacial score (nSPS) is 16.3. The van der Waals surface area contributed by atoms with Crippen molar-refractivity contribution in [3.05, 3.63) is 164 Å².